The van der Waals surface area contributed by atoms with E-state index < -0.39 is 6.61 Å². The van der Waals surface area contributed by atoms with Crippen molar-refractivity contribution < 1.29 is 13.5 Å². The largest absolute Gasteiger partial charge is 0.435 e. The molecule has 1 aliphatic rings. The lowest BCUT2D eigenvalue weighted by molar-refractivity contribution is -0.0498. The molecule has 0 atom stereocenters. The second-order valence-electron chi connectivity index (χ2n) is 4.44. The number of benzene rings is 1. The first-order valence-corrected chi connectivity index (χ1v) is 5.36. The lowest BCUT2D eigenvalue weighted by atomic mass is 10.2. The van der Waals surface area contributed by atoms with Gasteiger partial charge in [-0.25, -0.2) is 0 Å². The van der Waals surface area contributed by atoms with Crippen molar-refractivity contribution in [1.29, 1.82) is 0 Å². The van der Waals surface area contributed by atoms with E-state index in [0.29, 0.717) is 0 Å². The first-order valence-electron chi connectivity index (χ1n) is 5.36. The molecule has 0 saturated heterocycles. The summed E-state index contributed by atoms with van der Waals surface area (Å²) in [6.45, 7) is 0.196. The highest BCUT2D eigenvalue weighted by Gasteiger charge is 2.36. The normalized spacial score (nSPS) is 17.5. The smallest absolute Gasteiger partial charge is 0.387 e. The van der Waals surface area contributed by atoms with Crippen LogP contribution in [0.3, 0.4) is 0 Å². The van der Waals surface area contributed by atoms with Crippen LogP contribution in [0, 0.1) is 0 Å². The van der Waals surface area contributed by atoms with E-state index in [0.717, 1.165) is 12.1 Å². The molecule has 0 aliphatic heterocycles. The summed E-state index contributed by atoms with van der Waals surface area (Å²) in [6, 6.07) is 6.74. The van der Waals surface area contributed by atoms with Crippen molar-refractivity contribution in [3.8, 4) is 5.75 Å². The summed E-state index contributed by atoms with van der Waals surface area (Å²) in [7, 11) is 0. The third kappa shape index (κ3) is 3.17. The summed E-state index contributed by atoms with van der Waals surface area (Å²) in [5.41, 5.74) is 1.37. The Bertz CT molecular complexity index is 347. The quantitative estimate of drug-likeness (QED) is 0.835. The molecule has 0 amide bonds. The van der Waals surface area contributed by atoms with Crippen LogP contribution < -0.4 is 10.1 Å². The minimum Gasteiger partial charge on any atom is -0.435 e. The molecule has 1 fully saturated rings. The van der Waals surface area contributed by atoms with Crippen molar-refractivity contribution in [2.75, 3.05) is 0 Å². The van der Waals surface area contributed by atoms with Gasteiger partial charge in [0.25, 0.3) is 0 Å². The zero-order chi connectivity index (χ0) is 11.6. The second-order valence-corrected chi connectivity index (χ2v) is 4.44. The lowest BCUT2D eigenvalue weighted by Crippen LogP contribution is -2.26. The summed E-state index contributed by atoms with van der Waals surface area (Å²) >= 11 is 0. The number of halogens is 2. The minimum absolute atomic E-state index is 0.205. The SMILES string of the molecule is CC1(NCc2ccc(OC(F)F)cc2)CC1. The van der Waals surface area contributed by atoms with Crippen LogP contribution in [0.5, 0.6) is 5.75 Å². The molecule has 0 bridgehead atoms. The minimum atomic E-state index is -2.76. The maximum Gasteiger partial charge on any atom is 0.387 e. The molecule has 0 aromatic heterocycles. The van der Waals surface area contributed by atoms with E-state index in [1.807, 2.05) is 0 Å². The molecule has 1 N–H and O–H groups in total. The van der Waals surface area contributed by atoms with E-state index in [4.69, 9.17) is 0 Å². The van der Waals surface area contributed by atoms with Crippen LogP contribution in [0.25, 0.3) is 0 Å². The number of alkyl halides is 2. The van der Waals surface area contributed by atoms with Crippen LogP contribution in [0.4, 0.5) is 8.78 Å². The van der Waals surface area contributed by atoms with Crippen LogP contribution in [0.1, 0.15) is 25.3 Å². The number of rotatable bonds is 5. The second kappa shape index (κ2) is 4.37. The van der Waals surface area contributed by atoms with Crippen molar-refractivity contribution >= 4 is 0 Å². The van der Waals surface area contributed by atoms with Crippen molar-refractivity contribution in [2.24, 2.45) is 0 Å². The molecular formula is C12H15F2NO. The van der Waals surface area contributed by atoms with Crippen LogP contribution in [0.15, 0.2) is 24.3 Å². The van der Waals surface area contributed by atoms with Crippen molar-refractivity contribution in [3.05, 3.63) is 29.8 Å². The average Bonchev–Trinajstić information content (AvgIpc) is 2.96. The molecule has 1 saturated carbocycles. The van der Waals surface area contributed by atoms with Crippen LogP contribution in [-0.4, -0.2) is 12.2 Å². The fourth-order valence-electron chi connectivity index (χ4n) is 1.47. The topological polar surface area (TPSA) is 21.3 Å². The van der Waals surface area contributed by atoms with Gasteiger partial charge in [0.1, 0.15) is 5.75 Å². The van der Waals surface area contributed by atoms with Crippen LogP contribution >= 0.6 is 0 Å². The van der Waals surface area contributed by atoms with E-state index in [1.165, 1.54) is 12.8 Å². The Morgan fingerprint density at radius 2 is 1.94 bits per heavy atom. The zero-order valence-corrected chi connectivity index (χ0v) is 9.17. The van der Waals surface area contributed by atoms with Crippen molar-refractivity contribution in [3.63, 3.8) is 0 Å². The lowest BCUT2D eigenvalue weighted by Gasteiger charge is -2.11. The molecule has 1 aliphatic carbocycles. The number of hydrogen-bond donors (Lipinski definition) is 1. The Hall–Kier alpha value is -1.16. The van der Waals surface area contributed by atoms with Gasteiger partial charge in [0.15, 0.2) is 0 Å². The third-order valence-electron chi connectivity index (χ3n) is 2.87. The maximum absolute atomic E-state index is 11.9. The van der Waals surface area contributed by atoms with Gasteiger partial charge < -0.3 is 10.1 Å². The number of nitrogens with one attached hydrogen (secondary N) is 1. The average molecular weight is 227 g/mol. The molecule has 0 unspecified atom stereocenters. The van der Waals surface area contributed by atoms with E-state index in [2.05, 4.69) is 17.0 Å². The predicted octanol–water partition coefficient (Wildman–Crippen LogP) is 2.93. The van der Waals surface area contributed by atoms with Gasteiger partial charge in [0, 0.05) is 12.1 Å². The number of hydrogen-bond acceptors (Lipinski definition) is 2. The van der Waals surface area contributed by atoms with Gasteiger partial charge in [-0.3, -0.25) is 0 Å². The summed E-state index contributed by atoms with van der Waals surface area (Å²) in [5.74, 6) is 0.205. The molecule has 0 radical (unpaired) electrons. The number of ether oxygens (including phenoxy) is 1. The zero-order valence-electron chi connectivity index (χ0n) is 9.17. The highest BCUT2D eigenvalue weighted by molar-refractivity contribution is 5.27. The summed E-state index contributed by atoms with van der Waals surface area (Å²) in [4.78, 5) is 0. The highest BCUT2D eigenvalue weighted by Crippen LogP contribution is 2.34. The summed E-state index contributed by atoms with van der Waals surface area (Å²) < 4.78 is 28.1. The Kier molecular flexibility index (Phi) is 3.10. The van der Waals surface area contributed by atoms with Gasteiger partial charge >= 0.3 is 6.61 Å². The summed E-state index contributed by atoms with van der Waals surface area (Å²) in [5, 5.41) is 3.42. The van der Waals surface area contributed by atoms with E-state index in [9.17, 15) is 8.78 Å². The van der Waals surface area contributed by atoms with Gasteiger partial charge in [-0.15, -0.1) is 0 Å². The van der Waals surface area contributed by atoms with Gasteiger partial charge in [-0.2, -0.15) is 8.78 Å². The molecule has 1 aromatic carbocycles. The first-order chi connectivity index (χ1) is 7.57. The molecule has 0 heterocycles. The Balaban J connectivity index is 1.86. The molecule has 2 rings (SSSR count). The molecule has 16 heavy (non-hydrogen) atoms. The van der Waals surface area contributed by atoms with Gasteiger partial charge in [0.05, 0.1) is 0 Å². The standard InChI is InChI=1S/C12H15F2NO/c1-12(6-7-12)15-8-9-2-4-10(5-3-9)16-11(13)14/h2-5,11,15H,6-8H2,1H3. The fourth-order valence-corrected chi connectivity index (χ4v) is 1.47. The maximum atomic E-state index is 11.9. The molecular weight excluding hydrogens is 212 g/mol. The van der Waals surface area contributed by atoms with Crippen LogP contribution in [0.2, 0.25) is 0 Å². The first kappa shape index (κ1) is 11.3. The fraction of sp³-hybridized carbons (Fsp3) is 0.500. The Morgan fingerprint density at radius 1 is 1.31 bits per heavy atom. The highest BCUT2D eigenvalue weighted by atomic mass is 19.3. The molecule has 0 spiro atoms. The van der Waals surface area contributed by atoms with E-state index in [1.54, 1.807) is 24.3 Å². The Morgan fingerprint density at radius 3 is 2.44 bits per heavy atom. The third-order valence-corrected chi connectivity index (χ3v) is 2.87. The van der Waals surface area contributed by atoms with Gasteiger partial charge in [-0.1, -0.05) is 12.1 Å². The van der Waals surface area contributed by atoms with Gasteiger partial charge in [0.2, 0.25) is 0 Å². The molecule has 88 valence electrons. The molecule has 4 heteroatoms. The van der Waals surface area contributed by atoms with Gasteiger partial charge in [-0.05, 0) is 37.5 Å². The predicted molar refractivity (Wildman–Crippen MR) is 57.6 cm³/mol. The molecule has 2 nitrogen and oxygen atoms in total. The van der Waals surface area contributed by atoms with E-state index >= 15 is 0 Å². The van der Waals surface area contributed by atoms with Crippen molar-refractivity contribution in [1.82, 2.24) is 5.32 Å². The monoisotopic (exact) mass is 227 g/mol. The Labute approximate surface area is 93.6 Å². The van der Waals surface area contributed by atoms with Crippen LogP contribution in [-0.2, 0) is 6.54 Å². The van der Waals surface area contributed by atoms with E-state index in [-0.39, 0.29) is 11.3 Å². The van der Waals surface area contributed by atoms with Crippen molar-refractivity contribution in [2.45, 2.75) is 38.5 Å². The summed E-state index contributed by atoms with van der Waals surface area (Å²) in [6.07, 6.45) is 2.42. The molecule has 1 aromatic rings.